The number of carbonyl (C=O) groups excluding carboxylic acids is 1. The number of hydrogen-bond donors (Lipinski definition) is 1. The standard InChI is InChI=1S/C29H22N4O2S/c34-26(30-24-18-10-11-19-25(24)35-23-16-8-3-9-17-23)20-36-29-31-27(21-12-4-1-5-13-21)28(32-33-29)22-14-6-2-7-15-22/h1-19H,20H2,(H,30,34). The summed E-state index contributed by atoms with van der Waals surface area (Å²) in [6.45, 7) is 0. The van der Waals surface area contributed by atoms with E-state index in [1.54, 1.807) is 6.07 Å². The fraction of sp³-hybridized carbons (Fsp3) is 0.0345. The van der Waals surface area contributed by atoms with Crippen LogP contribution in [0.15, 0.2) is 120 Å². The number of rotatable bonds is 8. The van der Waals surface area contributed by atoms with Gasteiger partial charge in [0, 0.05) is 11.1 Å². The van der Waals surface area contributed by atoms with Crippen LogP contribution in [-0.2, 0) is 4.79 Å². The highest BCUT2D eigenvalue weighted by Gasteiger charge is 2.15. The number of nitrogens with one attached hydrogen (secondary N) is 1. The molecule has 0 fully saturated rings. The van der Waals surface area contributed by atoms with Crippen LogP contribution >= 0.6 is 11.8 Å². The molecule has 0 saturated carbocycles. The van der Waals surface area contributed by atoms with E-state index in [9.17, 15) is 4.79 Å². The molecule has 0 radical (unpaired) electrons. The Labute approximate surface area is 213 Å². The summed E-state index contributed by atoms with van der Waals surface area (Å²) in [4.78, 5) is 17.5. The molecule has 36 heavy (non-hydrogen) atoms. The summed E-state index contributed by atoms with van der Waals surface area (Å²) in [7, 11) is 0. The van der Waals surface area contributed by atoms with E-state index < -0.39 is 0 Å². The van der Waals surface area contributed by atoms with Crippen molar-refractivity contribution in [1.82, 2.24) is 15.2 Å². The van der Waals surface area contributed by atoms with Crippen molar-refractivity contribution in [2.45, 2.75) is 5.16 Å². The zero-order valence-electron chi connectivity index (χ0n) is 19.2. The third-order valence-corrected chi connectivity index (χ3v) is 6.06. The maximum Gasteiger partial charge on any atom is 0.234 e. The average Bonchev–Trinajstić information content (AvgIpc) is 2.94. The molecule has 0 aliphatic rings. The number of carbonyl (C=O) groups is 1. The second kappa shape index (κ2) is 11.3. The highest BCUT2D eigenvalue weighted by atomic mass is 32.2. The predicted octanol–water partition coefficient (Wildman–Crippen LogP) is 6.73. The van der Waals surface area contributed by atoms with Crippen LogP contribution in [0.3, 0.4) is 0 Å². The van der Waals surface area contributed by atoms with Gasteiger partial charge < -0.3 is 10.1 Å². The first kappa shape index (κ1) is 23.3. The molecular formula is C29H22N4O2S. The van der Waals surface area contributed by atoms with E-state index in [-0.39, 0.29) is 11.7 Å². The van der Waals surface area contributed by atoms with Crippen LogP contribution < -0.4 is 10.1 Å². The Bertz CT molecular complexity index is 1450. The van der Waals surface area contributed by atoms with E-state index in [2.05, 4.69) is 15.5 Å². The molecule has 0 atom stereocenters. The summed E-state index contributed by atoms with van der Waals surface area (Å²) in [6, 6.07) is 36.5. The number of nitrogens with zero attached hydrogens (tertiary/aromatic N) is 3. The zero-order valence-corrected chi connectivity index (χ0v) is 20.1. The van der Waals surface area contributed by atoms with Crippen LogP contribution in [0, 0.1) is 0 Å². The topological polar surface area (TPSA) is 77.0 Å². The molecule has 0 bridgehead atoms. The molecule has 0 aliphatic heterocycles. The Kier molecular flexibility index (Phi) is 7.30. The van der Waals surface area contributed by atoms with Gasteiger partial charge in [-0.25, -0.2) is 4.98 Å². The minimum atomic E-state index is -0.193. The lowest BCUT2D eigenvalue weighted by molar-refractivity contribution is -0.113. The van der Waals surface area contributed by atoms with E-state index in [0.717, 1.165) is 16.8 Å². The minimum absolute atomic E-state index is 0.125. The predicted molar refractivity (Wildman–Crippen MR) is 143 cm³/mol. The minimum Gasteiger partial charge on any atom is -0.455 e. The van der Waals surface area contributed by atoms with Gasteiger partial charge in [-0.3, -0.25) is 4.79 Å². The molecule has 7 heteroatoms. The van der Waals surface area contributed by atoms with Gasteiger partial charge in [0.25, 0.3) is 0 Å². The van der Waals surface area contributed by atoms with E-state index in [1.807, 2.05) is 109 Å². The normalized spacial score (nSPS) is 10.6. The Hall–Kier alpha value is -4.49. The van der Waals surface area contributed by atoms with Crippen LogP contribution in [0.25, 0.3) is 22.5 Å². The van der Waals surface area contributed by atoms with Crippen molar-refractivity contribution in [3.8, 4) is 34.0 Å². The van der Waals surface area contributed by atoms with Crippen LogP contribution in [0.5, 0.6) is 11.5 Å². The van der Waals surface area contributed by atoms with Gasteiger partial charge in [-0.15, -0.1) is 10.2 Å². The van der Waals surface area contributed by atoms with Crippen molar-refractivity contribution in [2.75, 3.05) is 11.1 Å². The van der Waals surface area contributed by atoms with Crippen LogP contribution in [0.1, 0.15) is 0 Å². The van der Waals surface area contributed by atoms with Gasteiger partial charge in [-0.1, -0.05) is 103 Å². The molecule has 5 aromatic rings. The van der Waals surface area contributed by atoms with Crippen LogP contribution in [-0.4, -0.2) is 26.8 Å². The zero-order chi connectivity index (χ0) is 24.6. The summed E-state index contributed by atoms with van der Waals surface area (Å²) in [6.07, 6.45) is 0. The highest BCUT2D eigenvalue weighted by molar-refractivity contribution is 7.99. The van der Waals surface area contributed by atoms with Gasteiger partial charge >= 0.3 is 0 Å². The molecule has 0 aliphatic carbocycles. The first-order chi connectivity index (χ1) is 17.8. The fourth-order valence-corrected chi connectivity index (χ4v) is 4.14. The number of anilines is 1. The van der Waals surface area contributed by atoms with Crippen molar-refractivity contribution >= 4 is 23.4 Å². The van der Waals surface area contributed by atoms with Gasteiger partial charge in [0.05, 0.1) is 11.4 Å². The summed E-state index contributed by atoms with van der Waals surface area (Å²) in [5, 5.41) is 12.1. The lowest BCUT2D eigenvalue weighted by atomic mass is 10.0. The second-order valence-electron chi connectivity index (χ2n) is 7.77. The number of benzene rings is 4. The molecule has 1 amide bonds. The van der Waals surface area contributed by atoms with Crippen molar-refractivity contribution in [3.63, 3.8) is 0 Å². The third-order valence-electron chi connectivity index (χ3n) is 5.23. The molecule has 176 valence electrons. The Morgan fingerprint density at radius 3 is 1.97 bits per heavy atom. The number of aromatic nitrogens is 3. The highest BCUT2D eigenvalue weighted by Crippen LogP contribution is 2.31. The Morgan fingerprint density at radius 2 is 1.28 bits per heavy atom. The number of hydrogen-bond acceptors (Lipinski definition) is 6. The van der Waals surface area contributed by atoms with Crippen molar-refractivity contribution in [2.24, 2.45) is 0 Å². The second-order valence-corrected chi connectivity index (χ2v) is 8.71. The maximum absolute atomic E-state index is 12.8. The van der Waals surface area contributed by atoms with Crippen molar-refractivity contribution < 1.29 is 9.53 Å². The molecular weight excluding hydrogens is 468 g/mol. The van der Waals surface area contributed by atoms with E-state index in [4.69, 9.17) is 9.72 Å². The molecule has 5 rings (SSSR count). The maximum atomic E-state index is 12.8. The van der Waals surface area contributed by atoms with Gasteiger partial charge in [0.1, 0.15) is 17.1 Å². The van der Waals surface area contributed by atoms with Gasteiger partial charge in [0.2, 0.25) is 11.1 Å². The quantitative estimate of drug-likeness (QED) is 0.243. The monoisotopic (exact) mass is 490 g/mol. The fourth-order valence-electron chi connectivity index (χ4n) is 3.55. The number of amides is 1. The van der Waals surface area contributed by atoms with Crippen LogP contribution in [0.2, 0.25) is 0 Å². The van der Waals surface area contributed by atoms with Gasteiger partial charge in [-0.05, 0) is 24.3 Å². The van der Waals surface area contributed by atoms with E-state index >= 15 is 0 Å². The summed E-state index contributed by atoms with van der Waals surface area (Å²) in [5.74, 6) is 1.19. The SMILES string of the molecule is O=C(CSc1nnc(-c2ccccc2)c(-c2ccccc2)n1)Nc1ccccc1Oc1ccccc1. The Morgan fingerprint density at radius 1 is 0.694 bits per heavy atom. The van der Waals surface area contributed by atoms with Crippen LogP contribution in [0.4, 0.5) is 5.69 Å². The van der Waals surface area contributed by atoms with Crippen molar-refractivity contribution in [3.05, 3.63) is 115 Å². The summed E-state index contributed by atoms with van der Waals surface area (Å²) in [5.41, 5.74) is 3.88. The average molecular weight is 491 g/mol. The first-order valence-corrected chi connectivity index (χ1v) is 12.3. The number of ether oxygens (including phenoxy) is 1. The van der Waals surface area contributed by atoms with Crippen molar-refractivity contribution in [1.29, 1.82) is 0 Å². The summed E-state index contributed by atoms with van der Waals surface area (Å²) >= 11 is 1.23. The molecule has 0 spiro atoms. The largest absolute Gasteiger partial charge is 0.455 e. The Balaban J connectivity index is 1.31. The first-order valence-electron chi connectivity index (χ1n) is 11.4. The molecule has 4 aromatic carbocycles. The number of thioether (sulfide) groups is 1. The van der Waals surface area contributed by atoms with E-state index in [1.165, 1.54) is 11.8 Å². The smallest absolute Gasteiger partial charge is 0.234 e. The molecule has 0 saturated heterocycles. The molecule has 6 nitrogen and oxygen atoms in total. The lowest BCUT2D eigenvalue weighted by Gasteiger charge is -2.12. The molecule has 1 aromatic heterocycles. The summed E-state index contributed by atoms with van der Waals surface area (Å²) < 4.78 is 5.94. The van der Waals surface area contributed by atoms with Gasteiger partial charge in [0.15, 0.2) is 5.75 Å². The van der Waals surface area contributed by atoms with E-state index in [0.29, 0.717) is 28.0 Å². The molecule has 1 heterocycles. The number of para-hydroxylation sites is 3. The third kappa shape index (κ3) is 5.76. The molecule has 0 unspecified atom stereocenters. The van der Waals surface area contributed by atoms with Gasteiger partial charge in [-0.2, -0.15) is 0 Å². The molecule has 1 N–H and O–H groups in total. The lowest BCUT2D eigenvalue weighted by Crippen LogP contribution is -2.15.